The number of benzene rings is 1. The minimum atomic E-state index is -7.13. The van der Waals surface area contributed by atoms with Crippen LogP contribution in [0.15, 0.2) is 30.3 Å². The molecule has 1 aromatic carbocycles. The van der Waals surface area contributed by atoms with E-state index in [-0.39, 0.29) is 0 Å². The Morgan fingerprint density at radius 3 is 1.94 bits per heavy atom. The molecule has 1 rings (SSSR count). The lowest BCUT2D eigenvalue weighted by Crippen LogP contribution is -2.62. The van der Waals surface area contributed by atoms with Gasteiger partial charge in [-0.2, -0.15) is 39.5 Å². The molecule has 0 heterocycles. The van der Waals surface area contributed by atoms with Crippen LogP contribution in [0.3, 0.4) is 0 Å². The van der Waals surface area contributed by atoms with Crippen LogP contribution in [-0.2, 0) is 20.9 Å². The standard InChI is InChI=1S/C17H16F9NO4/c1-2-30-12(28)11(27-13(29)31-9-10-6-4-3-5-7-10)8-14(18,19)15(20,21)16(22,23)17(24,25)26/h3-7,11H,2,8-9H2,1H3,(H,27,29). The lowest BCUT2D eigenvalue weighted by molar-refractivity contribution is -0.397. The van der Waals surface area contributed by atoms with Crippen molar-refractivity contribution in [3.63, 3.8) is 0 Å². The summed E-state index contributed by atoms with van der Waals surface area (Å²) in [6.07, 6.45) is -11.2. The Labute approximate surface area is 169 Å². The quantitative estimate of drug-likeness (QED) is 0.421. The summed E-state index contributed by atoms with van der Waals surface area (Å²) in [5.41, 5.74) is 0.395. The highest BCUT2D eigenvalue weighted by Crippen LogP contribution is 2.54. The Kier molecular flexibility index (Phi) is 8.20. The maximum atomic E-state index is 13.8. The molecule has 0 spiro atoms. The van der Waals surface area contributed by atoms with E-state index in [1.165, 1.54) is 17.4 Å². The van der Waals surface area contributed by atoms with Gasteiger partial charge in [-0.1, -0.05) is 30.3 Å². The van der Waals surface area contributed by atoms with Gasteiger partial charge in [-0.25, -0.2) is 9.59 Å². The Bertz CT molecular complexity index is 754. The molecule has 0 radical (unpaired) electrons. The van der Waals surface area contributed by atoms with Crippen molar-refractivity contribution in [2.24, 2.45) is 0 Å². The second kappa shape index (κ2) is 9.64. The first-order valence-electron chi connectivity index (χ1n) is 8.41. The molecule has 0 bridgehead atoms. The van der Waals surface area contributed by atoms with Gasteiger partial charge in [0.15, 0.2) is 0 Å². The molecular weight excluding hydrogens is 453 g/mol. The smallest absolute Gasteiger partial charge is 0.460 e. The number of ether oxygens (including phenoxy) is 2. The number of halogens is 9. The second-order valence-electron chi connectivity index (χ2n) is 6.07. The average Bonchev–Trinajstić information content (AvgIpc) is 2.65. The van der Waals surface area contributed by atoms with Gasteiger partial charge >= 0.3 is 36.0 Å². The summed E-state index contributed by atoms with van der Waals surface area (Å²) >= 11 is 0. The highest BCUT2D eigenvalue weighted by Gasteiger charge is 2.81. The van der Waals surface area contributed by atoms with E-state index in [1.54, 1.807) is 18.2 Å². The normalized spacial score (nSPS) is 14.0. The Balaban J connectivity index is 3.02. The number of carbonyl (C=O) groups is 2. The minimum Gasteiger partial charge on any atom is -0.464 e. The molecule has 0 aliphatic heterocycles. The van der Waals surface area contributed by atoms with Gasteiger partial charge in [0.05, 0.1) is 6.61 Å². The first kappa shape index (κ1) is 26.4. The van der Waals surface area contributed by atoms with Gasteiger partial charge in [0.1, 0.15) is 12.6 Å². The summed E-state index contributed by atoms with van der Waals surface area (Å²) in [5, 5.41) is 1.42. The molecule has 176 valence electrons. The third kappa shape index (κ3) is 6.17. The number of amides is 1. The Morgan fingerprint density at radius 2 is 1.45 bits per heavy atom. The fourth-order valence-electron chi connectivity index (χ4n) is 2.14. The number of esters is 1. The van der Waals surface area contributed by atoms with E-state index in [0.29, 0.717) is 5.56 Å². The van der Waals surface area contributed by atoms with Crippen molar-refractivity contribution >= 4 is 12.1 Å². The zero-order valence-electron chi connectivity index (χ0n) is 15.6. The maximum Gasteiger partial charge on any atom is 0.460 e. The van der Waals surface area contributed by atoms with E-state index in [4.69, 9.17) is 0 Å². The van der Waals surface area contributed by atoms with E-state index < -0.39 is 61.7 Å². The van der Waals surface area contributed by atoms with Gasteiger partial charge in [-0.05, 0) is 12.5 Å². The van der Waals surface area contributed by atoms with Crippen LogP contribution in [0.4, 0.5) is 44.3 Å². The van der Waals surface area contributed by atoms with Crippen LogP contribution in [0, 0.1) is 0 Å². The van der Waals surface area contributed by atoms with Gasteiger partial charge in [-0.15, -0.1) is 0 Å². The molecule has 0 fully saturated rings. The molecule has 1 atom stereocenters. The molecule has 5 nitrogen and oxygen atoms in total. The van der Waals surface area contributed by atoms with Gasteiger partial charge in [-0.3, -0.25) is 0 Å². The third-order valence-electron chi connectivity index (χ3n) is 3.75. The van der Waals surface area contributed by atoms with Crippen LogP contribution >= 0.6 is 0 Å². The van der Waals surface area contributed by atoms with Crippen molar-refractivity contribution in [3.05, 3.63) is 35.9 Å². The van der Waals surface area contributed by atoms with Crippen LogP contribution in [0.5, 0.6) is 0 Å². The summed E-state index contributed by atoms with van der Waals surface area (Å²) in [4.78, 5) is 23.4. The van der Waals surface area contributed by atoms with Crippen LogP contribution < -0.4 is 5.32 Å². The number of nitrogens with one attached hydrogen (secondary N) is 1. The maximum absolute atomic E-state index is 13.8. The highest BCUT2D eigenvalue weighted by molar-refractivity contribution is 5.81. The first-order chi connectivity index (χ1) is 14.1. The minimum absolute atomic E-state index is 0.395. The third-order valence-corrected chi connectivity index (χ3v) is 3.75. The van der Waals surface area contributed by atoms with Crippen LogP contribution in [0.2, 0.25) is 0 Å². The van der Waals surface area contributed by atoms with E-state index >= 15 is 0 Å². The predicted octanol–water partition coefficient (Wildman–Crippen LogP) is 4.70. The monoisotopic (exact) mass is 469 g/mol. The molecule has 1 amide bonds. The van der Waals surface area contributed by atoms with Gasteiger partial charge in [0.2, 0.25) is 0 Å². The lowest BCUT2D eigenvalue weighted by atomic mass is 9.97. The number of rotatable bonds is 9. The van der Waals surface area contributed by atoms with Crippen molar-refractivity contribution in [3.8, 4) is 0 Å². The van der Waals surface area contributed by atoms with Crippen molar-refractivity contribution in [2.75, 3.05) is 6.61 Å². The molecule has 1 N–H and O–H groups in total. The SMILES string of the molecule is CCOC(=O)C(CC(F)(F)C(F)(F)C(F)(F)C(F)(F)F)NC(=O)OCc1ccccc1. The molecule has 0 aliphatic carbocycles. The molecular formula is C17H16F9NO4. The number of carbonyl (C=O) groups excluding carboxylic acids is 2. The fourth-order valence-corrected chi connectivity index (χ4v) is 2.14. The number of alkyl halides is 9. The molecule has 0 aromatic heterocycles. The summed E-state index contributed by atoms with van der Waals surface area (Å²) in [5.74, 6) is -21.9. The highest BCUT2D eigenvalue weighted by atomic mass is 19.4. The van der Waals surface area contributed by atoms with Crippen LogP contribution in [0.25, 0.3) is 0 Å². The molecule has 31 heavy (non-hydrogen) atoms. The van der Waals surface area contributed by atoms with Gasteiger partial charge < -0.3 is 14.8 Å². The molecule has 1 aromatic rings. The zero-order valence-corrected chi connectivity index (χ0v) is 15.6. The molecule has 1 unspecified atom stereocenters. The lowest BCUT2D eigenvalue weighted by Gasteiger charge is -2.34. The Hall–Kier alpha value is -2.67. The Morgan fingerprint density at radius 1 is 0.903 bits per heavy atom. The van der Waals surface area contributed by atoms with Gasteiger partial charge in [0, 0.05) is 6.42 Å². The average molecular weight is 469 g/mol. The zero-order chi connectivity index (χ0) is 24.1. The largest absolute Gasteiger partial charge is 0.464 e. The second-order valence-corrected chi connectivity index (χ2v) is 6.07. The molecule has 0 aliphatic rings. The van der Waals surface area contributed by atoms with E-state index in [9.17, 15) is 49.1 Å². The fraction of sp³-hybridized carbons (Fsp3) is 0.529. The van der Waals surface area contributed by atoms with Crippen LogP contribution in [0.1, 0.15) is 18.9 Å². The summed E-state index contributed by atoms with van der Waals surface area (Å²) in [7, 11) is 0. The van der Waals surface area contributed by atoms with E-state index in [0.717, 1.165) is 6.92 Å². The molecule has 0 saturated carbocycles. The van der Waals surface area contributed by atoms with Crippen molar-refractivity contribution in [2.45, 2.75) is 49.9 Å². The summed E-state index contributed by atoms with van der Waals surface area (Å²) < 4.78 is 126. The number of hydrogen-bond donors (Lipinski definition) is 1. The van der Waals surface area contributed by atoms with E-state index in [2.05, 4.69) is 9.47 Å². The first-order valence-corrected chi connectivity index (χ1v) is 8.41. The number of hydrogen-bond acceptors (Lipinski definition) is 4. The number of alkyl carbamates (subject to hydrolysis) is 1. The van der Waals surface area contributed by atoms with Crippen LogP contribution in [-0.4, -0.2) is 48.7 Å². The van der Waals surface area contributed by atoms with Crippen molar-refractivity contribution < 1.29 is 58.6 Å². The van der Waals surface area contributed by atoms with E-state index in [1.807, 2.05) is 0 Å². The van der Waals surface area contributed by atoms with Gasteiger partial charge in [0.25, 0.3) is 0 Å². The van der Waals surface area contributed by atoms with Crippen molar-refractivity contribution in [1.29, 1.82) is 0 Å². The molecule has 0 saturated heterocycles. The summed E-state index contributed by atoms with van der Waals surface area (Å²) in [6, 6.07) is 4.93. The topological polar surface area (TPSA) is 64.6 Å². The molecule has 14 heteroatoms. The van der Waals surface area contributed by atoms with Crippen molar-refractivity contribution in [1.82, 2.24) is 5.32 Å². The predicted molar refractivity (Wildman–Crippen MR) is 85.7 cm³/mol. The summed E-state index contributed by atoms with van der Waals surface area (Å²) in [6.45, 7) is 0.199.